The van der Waals surface area contributed by atoms with Crippen molar-refractivity contribution in [1.29, 1.82) is 0 Å². The standard InChI is InChI=1S/C47H71N15O9/c1-27(2)21-36(44(69)57-33(12-8-20-55-47(52)53)42(67)59-35(40(51)65)22-28-9-4-3-5-10-28)61-45(70)37(23-29-13-15-31(63)16-14-29)62-43(68)34(17-18-39(50)64)58-46(71)38(24-30-25-54-26-56-30)60-41(66)32(49)11-6-7-19-48/h3-5,9-10,13-16,25-27,32-38,63H,6-8,11-12,17-24,48-49H2,1-2H3,(H2,50,64)(H2,51,65)(H,54,56)(H,57,69)(H,58,71)(H,59,67)(H,60,66)(H,61,70)(H,62,68)(H4,52,53,55). The van der Waals surface area contributed by atoms with Crippen LogP contribution in [-0.2, 0) is 57.6 Å². The Morgan fingerprint density at radius 3 is 1.70 bits per heavy atom. The highest BCUT2D eigenvalue weighted by molar-refractivity contribution is 5.97. The maximum atomic E-state index is 14.4. The number of aromatic hydroxyl groups is 1. The highest BCUT2D eigenvalue weighted by Gasteiger charge is 2.34. The van der Waals surface area contributed by atoms with Crippen LogP contribution in [-0.4, -0.2) is 124 Å². The van der Waals surface area contributed by atoms with Crippen molar-refractivity contribution in [2.75, 3.05) is 13.1 Å². The molecule has 1 aromatic heterocycles. The van der Waals surface area contributed by atoms with Crippen LogP contribution < -0.4 is 66.3 Å². The first-order valence-electron chi connectivity index (χ1n) is 23.5. The molecule has 388 valence electrons. The van der Waals surface area contributed by atoms with Crippen LogP contribution in [0.25, 0.3) is 0 Å². The molecular weight excluding hydrogens is 919 g/mol. The summed E-state index contributed by atoms with van der Waals surface area (Å²) in [5.41, 5.74) is 35.5. The number of phenolic OH excluding ortho intramolecular Hbond substituents is 1. The smallest absolute Gasteiger partial charge is 0.243 e. The number of hydrogen-bond acceptors (Lipinski definition) is 13. The lowest BCUT2D eigenvalue weighted by atomic mass is 9.99. The van der Waals surface area contributed by atoms with Gasteiger partial charge >= 0.3 is 0 Å². The number of nitrogens with one attached hydrogen (secondary N) is 7. The lowest BCUT2D eigenvalue weighted by molar-refractivity contribution is -0.135. The topological polar surface area (TPSA) is 426 Å². The maximum Gasteiger partial charge on any atom is 0.243 e. The number of carbonyl (C=O) groups is 8. The number of nitrogens with two attached hydrogens (primary N) is 6. The highest BCUT2D eigenvalue weighted by Crippen LogP contribution is 2.14. The largest absolute Gasteiger partial charge is 0.508 e. The summed E-state index contributed by atoms with van der Waals surface area (Å²) in [5.74, 6) is -6.85. The first-order chi connectivity index (χ1) is 33.8. The minimum absolute atomic E-state index is 0.000508. The second-order valence-electron chi connectivity index (χ2n) is 17.6. The average Bonchev–Trinajstić information content (AvgIpc) is 3.84. The van der Waals surface area contributed by atoms with Gasteiger partial charge in [0, 0.05) is 44.1 Å². The molecule has 0 radical (unpaired) electrons. The molecule has 0 spiro atoms. The van der Waals surface area contributed by atoms with Crippen molar-refractivity contribution in [3.63, 3.8) is 0 Å². The Balaban J connectivity index is 1.94. The molecule has 3 rings (SSSR count). The van der Waals surface area contributed by atoms with E-state index < -0.39 is 89.6 Å². The van der Waals surface area contributed by atoms with E-state index in [1.807, 2.05) is 0 Å². The fourth-order valence-corrected chi connectivity index (χ4v) is 7.29. The summed E-state index contributed by atoms with van der Waals surface area (Å²) in [7, 11) is 0. The Kier molecular flexibility index (Phi) is 24.5. The van der Waals surface area contributed by atoms with Gasteiger partial charge < -0.3 is 76.4 Å². The number of guanidine groups is 1. The number of primary amides is 2. The zero-order chi connectivity index (χ0) is 52.5. The maximum absolute atomic E-state index is 14.4. The third kappa shape index (κ3) is 21.7. The monoisotopic (exact) mass is 990 g/mol. The molecular formula is C47H71N15O9. The number of benzene rings is 2. The van der Waals surface area contributed by atoms with Crippen LogP contribution in [0.4, 0.5) is 0 Å². The van der Waals surface area contributed by atoms with Crippen LogP contribution in [0.5, 0.6) is 5.75 Å². The van der Waals surface area contributed by atoms with Gasteiger partial charge in [0.25, 0.3) is 0 Å². The number of hydrogen-bond donors (Lipinski definition) is 14. The number of nitrogens with zero attached hydrogens (tertiary/aromatic N) is 2. The van der Waals surface area contributed by atoms with Crippen molar-refractivity contribution in [3.8, 4) is 5.75 Å². The molecule has 8 amide bonds. The summed E-state index contributed by atoms with van der Waals surface area (Å²) in [4.78, 5) is 119. The molecule has 0 saturated heterocycles. The molecule has 24 heteroatoms. The van der Waals surface area contributed by atoms with Crippen molar-refractivity contribution in [3.05, 3.63) is 83.9 Å². The second kappa shape index (κ2) is 30.1. The number of H-pyrrole nitrogens is 1. The number of aliphatic imine (C=N–C) groups is 1. The predicted molar refractivity (Wildman–Crippen MR) is 264 cm³/mol. The fourth-order valence-electron chi connectivity index (χ4n) is 7.29. The van der Waals surface area contributed by atoms with Crippen molar-refractivity contribution < 1.29 is 43.5 Å². The molecule has 0 bridgehead atoms. The molecule has 71 heavy (non-hydrogen) atoms. The van der Waals surface area contributed by atoms with Crippen LogP contribution >= 0.6 is 0 Å². The lowest BCUT2D eigenvalue weighted by Gasteiger charge is -2.28. The number of aromatic nitrogens is 2. The van der Waals surface area contributed by atoms with Crippen LogP contribution in [0.2, 0.25) is 0 Å². The summed E-state index contributed by atoms with van der Waals surface area (Å²) < 4.78 is 0. The molecule has 0 aliphatic carbocycles. The van der Waals surface area contributed by atoms with Gasteiger partial charge in [-0.3, -0.25) is 43.3 Å². The molecule has 2 aromatic carbocycles. The number of amides is 8. The van der Waals surface area contributed by atoms with Gasteiger partial charge in [0.1, 0.15) is 42.0 Å². The average molecular weight is 990 g/mol. The first-order valence-corrected chi connectivity index (χ1v) is 23.5. The predicted octanol–water partition coefficient (Wildman–Crippen LogP) is -2.64. The Hall–Kier alpha value is -7.60. The van der Waals surface area contributed by atoms with Crippen LogP contribution in [0.1, 0.15) is 82.0 Å². The molecule has 0 saturated carbocycles. The summed E-state index contributed by atoms with van der Waals surface area (Å²) in [6, 6.07) is 5.67. The Morgan fingerprint density at radius 2 is 1.14 bits per heavy atom. The van der Waals surface area contributed by atoms with Gasteiger partial charge in [0.05, 0.1) is 12.4 Å². The van der Waals surface area contributed by atoms with E-state index in [0.717, 1.165) is 0 Å². The molecule has 0 aliphatic heterocycles. The second-order valence-corrected chi connectivity index (χ2v) is 17.6. The quantitative estimate of drug-likeness (QED) is 0.0173. The highest BCUT2D eigenvalue weighted by atomic mass is 16.3. The van der Waals surface area contributed by atoms with Gasteiger partial charge in [0.2, 0.25) is 47.3 Å². The molecule has 24 nitrogen and oxygen atoms in total. The van der Waals surface area contributed by atoms with Gasteiger partial charge in [0.15, 0.2) is 5.96 Å². The molecule has 0 aliphatic rings. The first kappa shape index (κ1) is 57.7. The van der Waals surface area contributed by atoms with E-state index in [9.17, 15) is 43.5 Å². The third-order valence-corrected chi connectivity index (χ3v) is 11.1. The number of aromatic amines is 1. The molecule has 7 unspecified atom stereocenters. The zero-order valence-corrected chi connectivity index (χ0v) is 40.2. The van der Waals surface area contributed by atoms with Crippen molar-refractivity contribution in [1.82, 2.24) is 41.9 Å². The van der Waals surface area contributed by atoms with E-state index in [2.05, 4.69) is 46.9 Å². The molecule has 1 heterocycles. The van der Waals surface area contributed by atoms with E-state index >= 15 is 0 Å². The molecule has 3 aromatic rings. The van der Waals surface area contributed by atoms with Gasteiger partial charge in [-0.2, -0.15) is 0 Å². The van der Waals surface area contributed by atoms with Crippen molar-refractivity contribution in [2.24, 2.45) is 45.3 Å². The van der Waals surface area contributed by atoms with Crippen molar-refractivity contribution in [2.45, 2.75) is 127 Å². The van der Waals surface area contributed by atoms with Gasteiger partial charge in [-0.15, -0.1) is 0 Å². The van der Waals surface area contributed by atoms with Gasteiger partial charge in [-0.05, 0) is 74.2 Å². The summed E-state index contributed by atoms with van der Waals surface area (Å²) in [6.07, 6.45) is 3.64. The number of rotatable bonds is 32. The van der Waals surface area contributed by atoms with Crippen LogP contribution in [0.3, 0.4) is 0 Å². The van der Waals surface area contributed by atoms with Crippen molar-refractivity contribution >= 4 is 53.2 Å². The van der Waals surface area contributed by atoms with Crippen LogP contribution in [0, 0.1) is 5.92 Å². The fraction of sp³-hybridized carbons (Fsp3) is 0.489. The number of carbonyl (C=O) groups excluding carboxylic acids is 8. The van der Waals surface area contributed by atoms with E-state index in [-0.39, 0.29) is 75.5 Å². The Labute approximate surface area is 412 Å². The van der Waals surface area contributed by atoms with E-state index in [1.54, 1.807) is 44.2 Å². The minimum Gasteiger partial charge on any atom is -0.508 e. The minimum atomic E-state index is -1.50. The molecule has 7 atom stereocenters. The SMILES string of the molecule is CC(C)CC(NC(=O)C(Cc1ccc(O)cc1)NC(=O)C(CCC(N)=O)NC(=O)C(Cc1cnc[nH]1)NC(=O)C(N)CCCCN)C(=O)NC(CCCN=C(N)N)C(=O)NC(Cc1ccccc1)C(N)=O. The normalized spacial score (nSPS) is 14.0. The summed E-state index contributed by atoms with van der Waals surface area (Å²) in [5, 5.41) is 25.9. The Bertz CT molecular complexity index is 2220. The molecule has 20 N–H and O–H groups in total. The third-order valence-electron chi connectivity index (χ3n) is 11.1. The Morgan fingerprint density at radius 1 is 0.620 bits per heavy atom. The van der Waals surface area contributed by atoms with E-state index in [0.29, 0.717) is 42.6 Å². The summed E-state index contributed by atoms with van der Waals surface area (Å²) >= 11 is 0. The number of unbranched alkanes of at least 4 members (excludes halogenated alkanes) is 1. The van der Waals surface area contributed by atoms with Gasteiger partial charge in [-0.1, -0.05) is 62.7 Å². The number of imidazole rings is 1. The van der Waals surface area contributed by atoms with E-state index in [4.69, 9.17) is 34.4 Å². The lowest BCUT2D eigenvalue weighted by Crippen LogP contribution is -2.60. The van der Waals surface area contributed by atoms with E-state index in [1.165, 1.54) is 36.8 Å². The van der Waals surface area contributed by atoms with Gasteiger partial charge in [-0.25, -0.2) is 4.98 Å². The molecule has 0 fully saturated rings. The zero-order valence-electron chi connectivity index (χ0n) is 40.2. The van der Waals surface area contributed by atoms with Crippen LogP contribution in [0.15, 0.2) is 72.1 Å². The number of phenols is 1. The summed E-state index contributed by atoms with van der Waals surface area (Å²) in [6.45, 7) is 4.10.